The number of benzene rings is 1. The van der Waals surface area contributed by atoms with Crippen LogP contribution in [0.15, 0.2) is 24.3 Å². The molecule has 0 radical (unpaired) electrons. The van der Waals surface area contributed by atoms with Crippen molar-refractivity contribution in [3.05, 3.63) is 35.5 Å². The Morgan fingerprint density at radius 3 is 2.62 bits per heavy atom. The predicted octanol–water partition coefficient (Wildman–Crippen LogP) is 3.64. The lowest BCUT2D eigenvalue weighted by Crippen LogP contribution is -2.34. The molecule has 24 heavy (non-hydrogen) atoms. The molecule has 2 aliphatic rings. The van der Waals surface area contributed by atoms with Crippen molar-refractivity contribution in [3.63, 3.8) is 0 Å². The summed E-state index contributed by atoms with van der Waals surface area (Å²) < 4.78 is 28.3. The van der Waals surface area contributed by atoms with Crippen molar-refractivity contribution in [3.8, 4) is 0 Å². The number of aromatic nitrogens is 1. The highest BCUT2D eigenvalue weighted by molar-refractivity contribution is 5.98. The Bertz CT molecular complexity index is 796. The molecule has 0 spiro atoms. The third-order valence-corrected chi connectivity index (χ3v) is 5.31. The number of halogens is 2. The lowest BCUT2D eigenvalue weighted by atomic mass is 9.93. The van der Waals surface area contributed by atoms with Gasteiger partial charge in [0, 0.05) is 47.9 Å². The number of hydrogen-bond acceptors (Lipinski definition) is 2. The highest BCUT2D eigenvalue weighted by atomic mass is 19.3. The molecule has 4 nitrogen and oxygen atoms in total. The average molecular weight is 334 g/mol. The summed E-state index contributed by atoms with van der Waals surface area (Å²) in [5.41, 5.74) is 1.57. The molecular formula is C18H20F2N2O2. The van der Waals surface area contributed by atoms with Gasteiger partial charge in [0.05, 0.1) is 0 Å². The zero-order valence-electron chi connectivity index (χ0n) is 13.3. The molecular weight excluding hydrogens is 314 g/mol. The molecule has 0 bridgehead atoms. The molecule has 0 aliphatic heterocycles. The second-order valence-corrected chi connectivity index (χ2v) is 6.93. The van der Waals surface area contributed by atoms with Crippen molar-refractivity contribution in [2.45, 2.75) is 50.7 Å². The van der Waals surface area contributed by atoms with Gasteiger partial charge in [-0.25, -0.2) is 13.6 Å². The number of nitrogens with one attached hydrogen (secondary N) is 1. The molecule has 2 aromatic rings. The van der Waals surface area contributed by atoms with Crippen molar-refractivity contribution >= 4 is 16.9 Å². The maximum Gasteiger partial charge on any atom is 0.352 e. The Hall–Kier alpha value is -1.95. The summed E-state index contributed by atoms with van der Waals surface area (Å²) in [5.74, 6) is -4.48. The molecule has 1 unspecified atom stereocenters. The molecule has 0 saturated heterocycles. The van der Waals surface area contributed by atoms with Gasteiger partial charge in [-0.15, -0.1) is 0 Å². The van der Waals surface area contributed by atoms with Gasteiger partial charge in [0.2, 0.25) is 0 Å². The van der Waals surface area contributed by atoms with Crippen LogP contribution in [0.2, 0.25) is 0 Å². The van der Waals surface area contributed by atoms with Crippen LogP contribution in [0.3, 0.4) is 0 Å². The van der Waals surface area contributed by atoms with Crippen LogP contribution in [0.25, 0.3) is 10.9 Å². The zero-order valence-corrected chi connectivity index (χ0v) is 13.3. The number of nitrogens with zero attached hydrogens (tertiary/aromatic N) is 1. The molecule has 4 rings (SSSR count). The van der Waals surface area contributed by atoms with E-state index in [0.717, 1.165) is 23.7 Å². The van der Waals surface area contributed by atoms with E-state index in [0.29, 0.717) is 18.2 Å². The minimum absolute atomic E-state index is 0.0541. The molecule has 1 aromatic heterocycles. The first-order valence-corrected chi connectivity index (χ1v) is 8.42. The molecule has 2 N–H and O–H groups in total. The van der Waals surface area contributed by atoms with Gasteiger partial charge in [-0.3, -0.25) is 0 Å². The van der Waals surface area contributed by atoms with Gasteiger partial charge in [0.15, 0.2) is 0 Å². The van der Waals surface area contributed by atoms with Crippen LogP contribution in [0.1, 0.15) is 41.7 Å². The Morgan fingerprint density at radius 1 is 1.33 bits per heavy atom. The maximum atomic E-state index is 13.4. The minimum atomic E-state index is -2.66. The number of carboxylic acid groups (broad SMARTS) is 1. The van der Waals surface area contributed by atoms with Gasteiger partial charge < -0.3 is 15.0 Å². The topological polar surface area (TPSA) is 54.3 Å². The summed E-state index contributed by atoms with van der Waals surface area (Å²) in [4.78, 5) is 11.9. The van der Waals surface area contributed by atoms with Gasteiger partial charge in [0.1, 0.15) is 5.69 Å². The van der Waals surface area contributed by atoms with Crippen LogP contribution in [-0.2, 0) is 13.1 Å². The fraction of sp³-hybridized carbons (Fsp3) is 0.500. The highest BCUT2D eigenvalue weighted by Gasteiger charge is 2.57. The van der Waals surface area contributed by atoms with Gasteiger partial charge in [0.25, 0.3) is 5.92 Å². The number of hydrogen-bond donors (Lipinski definition) is 2. The fourth-order valence-electron chi connectivity index (χ4n) is 3.54. The zero-order chi connectivity index (χ0) is 16.9. The van der Waals surface area contributed by atoms with Crippen molar-refractivity contribution in [2.24, 2.45) is 5.92 Å². The maximum absolute atomic E-state index is 13.4. The molecule has 2 fully saturated rings. The SMILES string of the molecule is O=C(O)c1c(CNC2CCC2)c2ccccc2n1CC1CC1(F)F. The van der Waals surface area contributed by atoms with Crippen LogP contribution in [0.4, 0.5) is 8.78 Å². The molecule has 1 atom stereocenters. The minimum Gasteiger partial charge on any atom is -0.477 e. The standard InChI is InChI=1S/C18H20F2N2O2/c19-18(20)8-11(18)10-22-15-7-2-1-6-13(15)14(16(22)17(23)24)9-21-12-4-3-5-12/h1-2,6-7,11-12,21H,3-5,8-10H2,(H,23,24). The predicted molar refractivity (Wildman–Crippen MR) is 86.4 cm³/mol. The van der Waals surface area contributed by atoms with Crippen LogP contribution in [-0.4, -0.2) is 27.6 Å². The van der Waals surface area contributed by atoms with Crippen molar-refractivity contribution in [2.75, 3.05) is 0 Å². The van der Waals surface area contributed by atoms with E-state index in [4.69, 9.17) is 0 Å². The lowest BCUT2D eigenvalue weighted by molar-refractivity contribution is 0.0676. The quantitative estimate of drug-likeness (QED) is 0.848. The summed E-state index contributed by atoms with van der Waals surface area (Å²) in [6.07, 6.45) is 3.25. The average Bonchev–Trinajstić information content (AvgIpc) is 2.96. The first-order valence-electron chi connectivity index (χ1n) is 8.42. The van der Waals surface area contributed by atoms with E-state index in [1.807, 2.05) is 24.3 Å². The summed E-state index contributed by atoms with van der Waals surface area (Å²) in [6.45, 7) is 0.513. The Labute approximate surface area is 138 Å². The first kappa shape index (κ1) is 15.6. The fourth-order valence-corrected chi connectivity index (χ4v) is 3.54. The number of carbonyl (C=O) groups is 1. The Kier molecular flexibility index (Phi) is 3.60. The molecule has 2 aliphatic carbocycles. The second kappa shape index (κ2) is 5.55. The number of carboxylic acids is 1. The van der Waals surface area contributed by atoms with Crippen LogP contribution < -0.4 is 5.32 Å². The lowest BCUT2D eigenvalue weighted by Gasteiger charge is -2.26. The highest BCUT2D eigenvalue weighted by Crippen LogP contribution is 2.50. The van der Waals surface area contributed by atoms with E-state index < -0.39 is 17.8 Å². The summed E-state index contributed by atoms with van der Waals surface area (Å²) in [7, 11) is 0. The normalized spacial score (nSPS) is 22.5. The number of aromatic carboxylic acids is 1. The van der Waals surface area contributed by atoms with Gasteiger partial charge in [-0.05, 0) is 18.9 Å². The second-order valence-electron chi connectivity index (χ2n) is 6.93. The molecule has 6 heteroatoms. The van der Waals surface area contributed by atoms with Gasteiger partial charge in [-0.2, -0.15) is 0 Å². The van der Waals surface area contributed by atoms with E-state index in [2.05, 4.69) is 5.32 Å². The molecule has 2 saturated carbocycles. The molecule has 1 heterocycles. The number of rotatable bonds is 6. The number of alkyl halides is 2. The van der Waals surface area contributed by atoms with Crippen LogP contribution in [0, 0.1) is 5.92 Å². The van der Waals surface area contributed by atoms with Crippen molar-refractivity contribution < 1.29 is 18.7 Å². The third kappa shape index (κ3) is 2.59. The number of fused-ring (bicyclic) bond motifs is 1. The molecule has 0 amide bonds. The Morgan fingerprint density at radius 2 is 2.04 bits per heavy atom. The van der Waals surface area contributed by atoms with Crippen molar-refractivity contribution in [1.29, 1.82) is 0 Å². The van der Waals surface area contributed by atoms with E-state index >= 15 is 0 Å². The molecule has 128 valence electrons. The summed E-state index contributed by atoms with van der Waals surface area (Å²) >= 11 is 0. The van der Waals surface area contributed by atoms with Gasteiger partial charge in [-0.1, -0.05) is 24.6 Å². The largest absolute Gasteiger partial charge is 0.477 e. The monoisotopic (exact) mass is 334 g/mol. The van der Waals surface area contributed by atoms with Gasteiger partial charge >= 0.3 is 5.97 Å². The first-order chi connectivity index (χ1) is 11.5. The van der Waals surface area contributed by atoms with Crippen LogP contribution in [0.5, 0.6) is 0 Å². The van der Waals surface area contributed by atoms with Crippen molar-refractivity contribution in [1.82, 2.24) is 9.88 Å². The Balaban J connectivity index is 1.74. The van der Waals surface area contributed by atoms with E-state index in [1.54, 1.807) is 4.57 Å². The van der Waals surface area contributed by atoms with E-state index in [-0.39, 0.29) is 18.7 Å². The van der Waals surface area contributed by atoms with E-state index in [9.17, 15) is 18.7 Å². The summed E-state index contributed by atoms with van der Waals surface area (Å²) in [6, 6.07) is 7.80. The van der Waals surface area contributed by atoms with Crippen LogP contribution >= 0.6 is 0 Å². The third-order valence-electron chi connectivity index (χ3n) is 5.31. The summed E-state index contributed by atoms with van der Waals surface area (Å²) in [5, 5.41) is 13.9. The molecule has 1 aromatic carbocycles. The number of para-hydroxylation sites is 1. The smallest absolute Gasteiger partial charge is 0.352 e. The van der Waals surface area contributed by atoms with E-state index in [1.165, 1.54) is 6.42 Å².